The fraction of sp³-hybridized carbons (Fsp3) is 0.833. The first-order valence-electron chi connectivity index (χ1n) is 6.09. The lowest BCUT2D eigenvalue weighted by molar-refractivity contribution is -0.177. The van der Waals surface area contributed by atoms with Crippen molar-refractivity contribution in [3.63, 3.8) is 0 Å². The second kappa shape index (κ2) is 6.79. The number of carbonyl (C=O) groups excluding carboxylic acids is 2. The van der Waals surface area contributed by atoms with Crippen molar-refractivity contribution in [1.82, 2.24) is 0 Å². The number of hydrogen-bond acceptors (Lipinski definition) is 5. The molecular weight excluding hydrogens is 262 g/mol. The lowest BCUT2D eigenvalue weighted by Crippen LogP contribution is -2.34. The third-order valence-electron chi connectivity index (χ3n) is 2.96. The van der Waals surface area contributed by atoms with Gasteiger partial charge in [0, 0.05) is 14.0 Å². The van der Waals surface area contributed by atoms with E-state index >= 15 is 0 Å². The molecule has 0 spiro atoms. The summed E-state index contributed by atoms with van der Waals surface area (Å²) in [5.74, 6) is -5.65. The van der Waals surface area contributed by atoms with Crippen molar-refractivity contribution >= 4 is 11.9 Å². The molecule has 0 aromatic heterocycles. The standard InChI is InChI=1S/C12H18F2O5/c1-12(13,14)11(16)19-9-5-3-8(4-6-9)10(15)18-7-17-2/h8-9H,3-7H2,1-2H3. The maximum absolute atomic E-state index is 12.7. The van der Waals surface area contributed by atoms with E-state index in [0.717, 1.165) is 0 Å². The maximum atomic E-state index is 12.7. The summed E-state index contributed by atoms with van der Waals surface area (Å²) in [5, 5.41) is 0. The first-order valence-corrected chi connectivity index (χ1v) is 6.09. The van der Waals surface area contributed by atoms with Gasteiger partial charge >= 0.3 is 17.9 Å². The third-order valence-corrected chi connectivity index (χ3v) is 2.96. The molecule has 0 aliphatic heterocycles. The normalized spacial score (nSPS) is 23.8. The number of carbonyl (C=O) groups is 2. The minimum Gasteiger partial charge on any atom is -0.458 e. The van der Waals surface area contributed by atoms with E-state index in [1.54, 1.807) is 0 Å². The SMILES string of the molecule is COCOC(=O)C1CCC(OC(=O)C(C)(F)F)CC1. The quantitative estimate of drug-likeness (QED) is 0.568. The second-order valence-corrected chi connectivity index (χ2v) is 4.64. The highest BCUT2D eigenvalue weighted by molar-refractivity contribution is 5.77. The average molecular weight is 280 g/mol. The summed E-state index contributed by atoms with van der Waals surface area (Å²) in [6.45, 7) is 0.402. The zero-order chi connectivity index (χ0) is 14.5. The van der Waals surface area contributed by atoms with E-state index in [-0.39, 0.29) is 18.7 Å². The van der Waals surface area contributed by atoms with Crippen LogP contribution in [0.1, 0.15) is 32.6 Å². The van der Waals surface area contributed by atoms with Gasteiger partial charge in [-0.2, -0.15) is 8.78 Å². The summed E-state index contributed by atoms with van der Waals surface area (Å²) < 4.78 is 39.4. The van der Waals surface area contributed by atoms with Crippen LogP contribution in [0.5, 0.6) is 0 Å². The molecule has 110 valence electrons. The Morgan fingerprint density at radius 2 is 1.79 bits per heavy atom. The van der Waals surface area contributed by atoms with Crippen LogP contribution in [-0.2, 0) is 23.8 Å². The molecule has 1 rings (SSSR count). The van der Waals surface area contributed by atoms with Crippen molar-refractivity contribution in [3.05, 3.63) is 0 Å². The van der Waals surface area contributed by atoms with E-state index in [1.165, 1.54) is 7.11 Å². The number of alkyl halides is 2. The van der Waals surface area contributed by atoms with Crippen LogP contribution in [0.2, 0.25) is 0 Å². The number of hydrogen-bond donors (Lipinski definition) is 0. The Labute approximate surface area is 110 Å². The van der Waals surface area contributed by atoms with Crippen molar-refractivity contribution in [2.75, 3.05) is 13.9 Å². The summed E-state index contributed by atoms with van der Waals surface area (Å²) in [6, 6.07) is 0. The van der Waals surface area contributed by atoms with E-state index in [4.69, 9.17) is 9.47 Å². The van der Waals surface area contributed by atoms with Gasteiger partial charge in [0.2, 0.25) is 0 Å². The zero-order valence-electron chi connectivity index (χ0n) is 11.0. The molecule has 1 aliphatic rings. The average Bonchev–Trinajstić information content (AvgIpc) is 2.35. The summed E-state index contributed by atoms with van der Waals surface area (Å²) in [4.78, 5) is 22.5. The van der Waals surface area contributed by atoms with Gasteiger partial charge in [0.25, 0.3) is 0 Å². The smallest absolute Gasteiger partial charge is 0.376 e. The second-order valence-electron chi connectivity index (χ2n) is 4.64. The molecule has 0 aromatic rings. The molecule has 0 heterocycles. The van der Waals surface area contributed by atoms with Gasteiger partial charge in [-0.05, 0) is 25.7 Å². The molecule has 0 radical (unpaired) electrons. The van der Waals surface area contributed by atoms with Crippen LogP contribution in [0.3, 0.4) is 0 Å². The Balaban J connectivity index is 2.33. The van der Waals surface area contributed by atoms with Gasteiger partial charge in [-0.3, -0.25) is 4.79 Å². The van der Waals surface area contributed by atoms with Crippen molar-refractivity contribution in [2.45, 2.75) is 44.6 Å². The molecule has 0 bridgehead atoms. The predicted molar refractivity (Wildman–Crippen MR) is 60.4 cm³/mol. The minimum absolute atomic E-state index is 0.101. The fourth-order valence-electron chi connectivity index (χ4n) is 1.91. The van der Waals surface area contributed by atoms with Gasteiger partial charge in [0.15, 0.2) is 6.79 Å². The Morgan fingerprint density at radius 1 is 1.21 bits per heavy atom. The Morgan fingerprint density at radius 3 is 2.26 bits per heavy atom. The minimum atomic E-state index is -3.48. The lowest BCUT2D eigenvalue weighted by atomic mass is 9.87. The van der Waals surface area contributed by atoms with Crippen LogP contribution in [0, 0.1) is 5.92 Å². The van der Waals surface area contributed by atoms with E-state index < -0.39 is 18.0 Å². The highest BCUT2D eigenvalue weighted by atomic mass is 19.3. The molecular formula is C12H18F2O5. The van der Waals surface area contributed by atoms with E-state index in [1.807, 2.05) is 0 Å². The summed E-state index contributed by atoms with van der Waals surface area (Å²) in [7, 11) is 1.41. The molecule has 0 atom stereocenters. The molecule has 1 saturated carbocycles. The molecule has 0 unspecified atom stereocenters. The topological polar surface area (TPSA) is 61.8 Å². The van der Waals surface area contributed by atoms with Crippen molar-refractivity contribution in [2.24, 2.45) is 5.92 Å². The fourth-order valence-corrected chi connectivity index (χ4v) is 1.91. The van der Waals surface area contributed by atoms with E-state index in [0.29, 0.717) is 32.6 Å². The van der Waals surface area contributed by atoms with Crippen LogP contribution in [-0.4, -0.2) is 37.9 Å². The molecule has 0 aromatic carbocycles. The summed E-state index contributed by atoms with van der Waals surface area (Å²) in [6.07, 6.45) is 1.12. The van der Waals surface area contributed by atoms with Crippen molar-refractivity contribution < 1.29 is 32.6 Å². The first kappa shape index (κ1) is 15.8. The summed E-state index contributed by atoms with van der Waals surface area (Å²) >= 11 is 0. The molecule has 0 saturated heterocycles. The molecule has 5 nitrogen and oxygen atoms in total. The van der Waals surface area contributed by atoms with Crippen molar-refractivity contribution in [1.29, 1.82) is 0 Å². The van der Waals surface area contributed by atoms with Crippen molar-refractivity contribution in [3.8, 4) is 0 Å². The largest absolute Gasteiger partial charge is 0.458 e. The van der Waals surface area contributed by atoms with Crippen LogP contribution in [0.25, 0.3) is 0 Å². The molecule has 1 aliphatic carbocycles. The third kappa shape index (κ3) is 5.10. The van der Waals surface area contributed by atoms with Gasteiger partial charge in [-0.1, -0.05) is 0 Å². The van der Waals surface area contributed by atoms with Gasteiger partial charge in [0.1, 0.15) is 6.10 Å². The zero-order valence-corrected chi connectivity index (χ0v) is 11.0. The molecule has 7 heteroatoms. The highest BCUT2D eigenvalue weighted by Gasteiger charge is 2.37. The first-order chi connectivity index (χ1) is 8.84. The monoisotopic (exact) mass is 280 g/mol. The Kier molecular flexibility index (Phi) is 5.65. The van der Waals surface area contributed by atoms with Crippen LogP contribution >= 0.6 is 0 Å². The predicted octanol–water partition coefficient (Wildman–Crippen LogP) is 1.89. The van der Waals surface area contributed by atoms with Crippen LogP contribution in [0.15, 0.2) is 0 Å². The molecule has 19 heavy (non-hydrogen) atoms. The van der Waals surface area contributed by atoms with Gasteiger partial charge in [-0.15, -0.1) is 0 Å². The van der Waals surface area contributed by atoms with Crippen LogP contribution < -0.4 is 0 Å². The number of methoxy groups -OCH3 is 1. The highest BCUT2D eigenvalue weighted by Crippen LogP contribution is 2.28. The summed E-state index contributed by atoms with van der Waals surface area (Å²) in [5.41, 5.74) is 0. The van der Waals surface area contributed by atoms with Crippen LogP contribution in [0.4, 0.5) is 8.78 Å². The number of rotatable bonds is 5. The Bertz CT molecular complexity index is 319. The van der Waals surface area contributed by atoms with Gasteiger partial charge in [-0.25, -0.2) is 4.79 Å². The van der Waals surface area contributed by atoms with E-state index in [2.05, 4.69) is 4.74 Å². The molecule has 0 N–H and O–H groups in total. The molecule has 1 fully saturated rings. The van der Waals surface area contributed by atoms with Gasteiger partial charge in [0.05, 0.1) is 5.92 Å². The lowest BCUT2D eigenvalue weighted by Gasteiger charge is -2.27. The Hall–Kier alpha value is -1.24. The van der Waals surface area contributed by atoms with Gasteiger partial charge < -0.3 is 14.2 Å². The maximum Gasteiger partial charge on any atom is 0.376 e. The number of esters is 2. The van der Waals surface area contributed by atoms with E-state index in [9.17, 15) is 18.4 Å². The number of halogens is 2. The molecule has 0 amide bonds. The number of ether oxygens (including phenoxy) is 3.